The number of aromatic amines is 1. The van der Waals surface area contributed by atoms with Crippen LogP contribution in [0.3, 0.4) is 0 Å². The molecule has 10 heteroatoms. The van der Waals surface area contributed by atoms with Gasteiger partial charge in [-0.15, -0.1) is 6.42 Å². The maximum atomic E-state index is 13.8. The molecule has 0 unspecified atom stereocenters. The zero-order valence-corrected chi connectivity index (χ0v) is 17.5. The van der Waals surface area contributed by atoms with Crippen molar-refractivity contribution in [2.45, 2.75) is 20.0 Å². The van der Waals surface area contributed by atoms with Crippen molar-refractivity contribution in [3.05, 3.63) is 69.6 Å². The number of H-pyrrole nitrogens is 1. The van der Waals surface area contributed by atoms with Gasteiger partial charge in [-0.3, -0.25) is 9.89 Å². The van der Waals surface area contributed by atoms with Crippen LogP contribution < -0.4 is 5.56 Å². The highest BCUT2D eigenvalue weighted by Gasteiger charge is 2.38. The molecular formula is C22H14ClF3N4O2. The third-order valence-corrected chi connectivity index (χ3v) is 5.04. The van der Waals surface area contributed by atoms with Crippen LogP contribution in [0.4, 0.5) is 13.2 Å². The quantitative estimate of drug-likeness (QED) is 0.428. The minimum atomic E-state index is -4.75. The Kier molecular flexibility index (Phi) is 5.18. The fourth-order valence-electron chi connectivity index (χ4n) is 3.37. The number of halogens is 4. The largest absolute Gasteiger partial charge is 0.440 e. The molecule has 0 amide bonds. The standard InChI is InChI=1S/C22H14ClF3N4O2/c1-4-8-14(23)17-12(3)32-20(28-17)15-11(2)27-19-16(13-9-6-5-7-10-13)18(22(24,25)26)29-30(19)21(15)31/h1,5-10,29H,2-3H3/b14-8+. The highest BCUT2D eigenvalue weighted by Crippen LogP contribution is 2.38. The van der Waals surface area contributed by atoms with Gasteiger partial charge in [-0.25, -0.2) is 9.97 Å². The van der Waals surface area contributed by atoms with Crippen LogP contribution in [0.5, 0.6) is 0 Å². The molecule has 6 nitrogen and oxygen atoms in total. The molecule has 0 aliphatic heterocycles. The van der Waals surface area contributed by atoms with Crippen molar-refractivity contribution in [1.29, 1.82) is 0 Å². The Labute approximate surface area is 184 Å². The topological polar surface area (TPSA) is 76.2 Å². The average Bonchev–Trinajstić information content (AvgIpc) is 3.30. The Morgan fingerprint density at radius 2 is 1.91 bits per heavy atom. The van der Waals surface area contributed by atoms with Crippen LogP contribution in [0, 0.1) is 26.2 Å². The summed E-state index contributed by atoms with van der Waals surface area (Å²) in [6.07, 6.45) is 1.73. The van der Waals surface area contributed by atoms with Crippen LogP contribution >= 0.6 is 11.6 Å². The number of oxazole rings is 1. The maximum Gasteiger partial charge on any atom is 0.433 e. The van der Waals surface area contributed by atoms with Gasteiger partial charge >= 0.3 is 6.18 Å². The van der Waals surface area contributed by atoms with E-state index in [1.807, 2.05) is 0 Å². The summed E-state index contributed by atoms with van der Waals surface area (Å²) in [7, 11) is 0. The molecule has 1 N–H and O–H groups in total. The number of benzene rings is 1. The summed E-state index contributed by atoms with van der Waals surface area (Å²) in [6.45, 7) is 3.06. The van der Waals surface area contributed by atoms with Gasteiger partial charge in [0.2, 0.25) is 5.89 Å². The van der Waals surface area contributed by atoms with Crippen LogP contribution in [0.25, 0.3) is 33.3 Å². The SMILES string of the molecule is C#C/C=C(/Cl)c1nc(-c2c(C)nc3c(-c4ccccc4)c(C(F)(F)F)[nH]n3c2=O)oc1C. The van der Waals surface area contributed by atoms with Gasteiger partial charge in [0.05, 0.1) is 16.3 Å². The zero-order chi connectivity index (χ0) is 23.2. The second-order valence-electron chi connectivity index (χ2n) is 6.84. The first kappa shape index (κ1) is 21.5. The van der Waals surface area contributed by atoms with Gasteiger partial charge in [0.15, 0.2) is 5.65 Å². The van der Waals surface area contributed by atoms with Gasteiger partial charge in [-0.2, -0.15) is 17.7 Å². The number of nitrogens with zero attached hydrogens (tertiary/aromatic N) is 3. The molecule has 0 spiro atoms. The van der Waals surface area contributed by atoms with Gasteiger partial charge in [-0.05, 0) is 19.4 Å². The van der Waals surface area contributed by atoms with E-state index in [0.29, 0.717) is 0 Å². The second-order valence-corrected chi connectivity index (χ2v) is 7.25. The van der Waals surface area contributed by atoms with Crippen LogP contribution in [0.15, 0.2) is 45.6 Å². The minimum Gasteiger partial charge on any atom is -0.440 e. The molecule has 3 aromatic heterocycles. The molecule has 0 bridgehead atoms. The monoisotopic (exact) mass is 458 g/mol. The van der Waals surface area contributed by atoms with E-state index in [4.69, 9.17) is 22.4 Å². The van der Waals surface area contributed by atoms with Gasteiger partial charge in [0, 0.05) is 6.08 Å². The van der Waals surface area contributed by atoms with Gasteiger partial charge in [0.25, 0.3) is 5.56 Å². The Morgan fingerprint density at radius 3 is 2.53 bits per heavy atom. The molecule has 4 rings (SSSR count). The van der Waals surface area contributed by atoms with E-state index in [2.05, 4.69) is 21.0 Å². The molecule has 0 fully saturated rings. The van der Waals surface area contributed by atoms with Crippen LogP contribution in [-0.4, -0.2) is 19.6 Å². The molecule has 32 heavy (non-hydrogen) atoms. The van der Waals surface area contributed by atoms with Crippen molar-refractivity contribution in [2.24, 2.45) is 0 Å². The lowest BCUT2D eigenvalue weighted by Gasteiger charge is -2.07. The lowest BCUT2D eigenvalue weighted by atomic mass is 10.1. The number of terminal acetylenes is 1. The van der Waals surface area contributed by atoms with Crippen LogP contribution in [0.2, 0.25) is 0 Å². The summed E-state index contributed by atoms with van der Waals surface area (Å²) in [5.41, 5.74) is -1.76. The number of allylic oxidation sites excluding steroid dienone is 1. The number of hydrogen-bond acceptors (Lipinski definition) is 4. The number of aryl methyl sites for hydroxylation is 2. The third kappa shape index (κ3) is 3.48. The molecule has 1 aromatic carbocycles. The molecule has 162 valence electrons. The zero-order valence-electron chi connectivity index (χ0n) is 16.7. The maximum absolute atomic E-state index is 13.8. The first-order chi connectivity index (χ1) is 15.1. The number of fused-ring (bicyclic) bond motifs is 1. The number of rotatable bonds is 3. The van der Waals surface area contributed by atoms with Gasteiger partial charge < -0.3 is 4.42 Å². The normalized spacial score (nSPS) is 12.3. The first-order valence-corrected chi connectivity index (χ1v) is 9.59. The molecule has 4 aromatic rings. The first-order valence-electron chi connectivity index (χ1n) is 9.21. The van der Waals surface area contributed by atoms with Crippen molar-refractivity contribution in [2.75, 3.05) is 0 Å². The van der Waals surface area contributed by atoms with Crippen molar-refractivity contribution >= 4 is 22.3 Å². The van der Waals surface area contributed by atoms with Crippen molar-refractivity contribution < 1.29 is 17.6 Å². The summed E-state index contributed by atoms with van der Waals surface area (Å²) >= 11 is 6.10. The average molecular weight is 459 g/mol. The number of alkyl halides is 3. The molecule has 0 saturated heterocycles. The summed E-state index contributed by atoms with van der Waals surface area (Å²) in [6, 6.07) is 7.90. The van der Waals surface area contributed by atoms with E-state index in [1.165, 1.54) is 25.1 Å². The summed E-state index contributed by atoms with van der Waals surface area (Å²) in [4.78, 5) is 21.7. The summed E-state index contributed by atoms with van der Waals surface area (Å²) in [5.74, 6) is 2.42. The van der Waals surface area contributed by atoms with Crippen molar-refractivity contribution in [3.63, 3.8) is 0 Å². The second kappa shape index (κ2) is 7.73. The van der Waals surface area contributed by atoms with Crippen LogP contribution in [0.1, 0.15) is 22.8 Å². The Bertz CT molecular complexity index is 1470. The van der Waals surface area contributed by atoms with E-state index in [1.54, 1.807) is 25.1 Å². The molecular weight excluding hydrogens is 445 g/mol. The fraction of sp³-hybridized carbons (Fsp3) is 0.136. The van der Waals surface area contributed by atoms with Crippen LogP contribution in [-0.2, 0) is 6.18 Å². The third-order valence-electron chi connectivity index (χ3n) is 4.75. The summed E-state index contributed by atoms with van der Waals surface area (Å²) in [5, 5.41) is 2.28. The highest BCUT2D eigenvalue weighted by atomic mass is 35.5. The lowest BCUT2D eigenvalue weighted by molar-refractivity contribution is -0.140. The molecule has 3 heterocycles. The van der Waals surface area contributed by atoms with E-state index < -0.39 is 17.4 Å². The van der Waals surface area contributed by atoms with Crippen molar-refractivity contribution in [3.8, 4) is 34.9 Å². The number of hydrogen-bond donors (Lipinski definition) is 1. The Balaban J connectivity index is 2.02. The minimum absolute atomic E-state index is 0.100. The van der Waals surface area contributed by atoms with Gasteiger partial charge in [0.1, 0.15) is 22.7 Å². The van der Waals surface area contributed by atoms with E-state index in [9.17, 15) is 18.0 Å². The molecule has 0 aliphatic rings. The van der Waals surface area contributed by atoms with Gasteiger partial charge in [-0.1, -0.05) is 47.9 Å². The molecule has 0 saturated carbocycles. The molecule has 0 aliphatic carbocycles. The van der Waals surface area contributed by atoms with Crippen molar-refractivity contribution in [1.82, 2.24) is 19.6 Å². The van der Waals surface area contributed by atoms with E-state index in [-0.39, 0.29) is 50.4 Å². The highest BCUT2D eigenvalue weighted by molar-refractivity contribution is 6.48. The number of nitrogens with one attached hydrogen (secondary N) is 1. The lowest BCUT2D eigenvalue weighted by Crippen LogP contribution is -2.20. The number of aromatic nitrogens is 4. The Morgan fingerprint density at radius 1 is 1.22 bits per heavy atom. The summed E-state index contributed by atoms with van der Waals surface area (Å²) < 4.78 is 47.7. The Hall–Kier alpha value is -3.77. The van der Waals surface area contributed by atoms with E-state index >= 15 is 0 Å². The smallest absolute Gasteiger partial charge is 0.433 e. The molecule has 0 atom stereocenters. The fourth-order valence-corrected chi connectivity index (χ4v) is 3.61. The molecule has 0 radical (unpaired) electrons. The predicted octanol–water partition coefficient (Wildman–Crippen LogP) is 5.19. The predicted molar refractivity (Wildman–Crippen MR) is 114 cm³/mol. The van der Waals surface area contributed by atoms with E-state index in [0.717, 1.165) is 4.52 Å².